The third-order valence-electron chi connectivity index (χ3n) is 1.95. The van der Waals surface area contributed by atoms with E-state index >= 15 is 0 Å². The molecule has 0 saturated heterocycles. The average molecular weight is 162 g/mol. The van der Waals surface area contributed by atoms with Crippen molar-refractivity contribution in [2.75, 3.05) is 0 Å². The van der Waals surface area contributed by atoms with Crippen LogP contribution in [0.2, 0.25) is 0 Å². The molecule has 3 heteroatoms. The zero-order valence-electron chi connectivity index (χ0n) is 6.86. The summed E-state index contributed by atoms with van der Waals surface area (Å²) in [6, 6.07) is 5.19. The van der Waals surface area contributed by atoms with Crippen molar-refractivity contribution in [3.8, 4) is 5.75 Å². The molecule has 1 aromatic heterocycles. The minimum atomic E-state index is 0.290. The topological polar surface area (TPSA) is 38.0 Å². The van der Waals surface area contributed by atoms with Crippen molar-refractivity contribution in [1.82, 2.24) is 9.55 Å². The summed E-state index contributed by atoms with van der Waals surface area (Å²) in [6.45, 7) is 2.92. The first-order valence-electron chi connectivity index (χ1n) is 3.95. The van der Waals surface area contributed by atoms with Crippen LogP contribution in [0.5, 0.6) is 5.75 Å². The first-order valence-corrected chi connectivity index (χ1v) is 3.95. The van der Waals surface area contributed by atoms with E-state index in [-0.39, 0.29) is 5.75 Å². The molecule has 0 aliphatic carbocycles. The Labute approximate surface area is 70.3 Å². The van der Waals surface area contributed by atoms with Gasteiger partial charge in [0.05, 0.1) is 17.4 Å². The molecule has 0 aliphatic rings. The van der Waals surface area contributed by atoms with Gasteiger partial charge in [-0.3, -0.25) is 0 Å². The summed E-state index contributed by atoms with van der Waals surface area (Å²) in [4.78, 5) is 4.18. The maximum absolute atomic E-state index is 9.23. The van der Waals surface area contributed by atoms with Crippen LogP contribution in [0.15, 0.2) is 24.5 Å². The van der Waals surface area contributed by atoms with E-state index in [2.05, 4.69) is 4.98 Å². The summed E-state index contributed by atoms with van der Waals surface area (Å²) in [6.07, 6.45) is 1.78. The van der Waals surface area contributed by atoms with Gasteiger partial charge < -0.3 is 9.67 Å². The van der Waals surface area contributed by atoms with Gasteiger partial charge in [0.15, 0.2) is 0 Å². The van der Waals surface area contributed by atoms with Crippen LogP contribution in [0, 0.1) is 0 Å². The van der Waals surface area contributed by atoms with Crippen LogP contribution in [-0.4, -0.2) is 14.7 Å². The standard InChI is InChI=1S/C9H10N2O/c1-2-11-6-10-8-4-3-7(12)5-9(8)11/h3-6,12H,2H2,1H3. The van der Waals surface area contributed by atoms with Crippen molar-refractivity contribution in [2.45, 2.75) is 13.5 Å². The molecular formula is C9H10N2O. The van der Waals surface area contributed by atoms with Crippen LogP contribution in [0.25, 0.3) is 11.0 Å². The van der Waals surface area contributed by atoms with Crippen molar-refractivity contribution in [2.24, 2.45) is 0 Å². The Morgan fingerprint density at radius 1 is 1.50 bits per heavy atom. The second-order valence-corrected chi connectivity index (χ2v) is 2.70. The lowest BCUT2D eigenvalue weighted by Gasteiger charge is -1.98. The summed E-state index contributed by atoms with van der Waals surface area (Å²) in [5.41, 5.74) is 1.91. The van der Waals surface area contributed by atoms with Gasteiger partial charge in [-0.1, -0.05) is 0 Å². The monoisotopic (exact) mass is 162 g/mol. The molecule has 2 rings (SSSR count). The Morgan fingerprint density at radius 3 is 3.08 bits per heavy atom. The largest absolute Gasteiger partial charge is 0.508 e. The Bertz CT molecular complexity index is 406. The number of rotatable bonds is 1. The van der Waals surface area contributed by atoms with Gasteiger partial charge in [-0.05, 0) is 19.1 Å². The molecule has 0 amide bonds. The Hall–Kier alpha value is -1.51. The van der Waals surface area contributed by atoms with Gasteiger partial charge in [-0.15, -0.1) is 0 Å². The molecule has 0 aliphatic heterocycles. The number of nitrogens with zero attached hydrogens (tertiary/aromatic N) is 2. The molecule has 3 nitrogen and oxygen atoms in total. The summed E-state index contributed by atoms with van der Waals surface area (Å²) in [5, 5.41) is 9.23. The highest BCUT2D eigenvalue weighted by Crippen LogP contribution is 2.18. The third kappa shape index (κ3) is 0.942. The predicted octanol–water partition coefficient (Wildman–Crippen LogP) is 1.76. The SMILES string of the molecule is CCn1cnc2ccc(O)cc21. The Kier molecular flexibility index (Phi) is 1.50. The number of fused-ring (bicyclic) bond motifs is 1. The van der Waals surface area contributed by atoms with Gasteiger partial charge in [0.1, 0.15) is 5.75 Å². The summed E-state index contributed by atoms with van der Waals surface area (Å²) in [7, 11) is 0. The van der Waals surface area contributed by atoms with Crippen molar-refractivity contribution < 1.29 is 5.11 Å². The second-order valence-electron chi connectivity index (χ2n) is 2.70. The minimum Gasteiger partial charge on any atom is -0.508 e. The number of phenols is 1. The molecule has 0 radical (unpaired) electrons. The molecule has 0 saturated carbocycles. The number of aromatic hydroxyl groups is 1. The highest BCUT2D eigenvalue weighted by atomic mass is 16.3. The fourth-order valence-corrected chi connectivity index (χ4v) is 1.30. The fraction of sp³-hybridized carbons (Fsp3) is 0.222. The molecular weight excluding hydrogens is 152 g/mol. The van der Waals surface area contributed by atoms with E-state index in [1.807, 2.05) is 17.6 Å². The lowest BCUT2D eigenvalue weighted by atomic mass is 10.3. The first-order chi connectivity index (χ1) is 5.81. The second kappa shape index (κ2) is 2.52. The smallest absolute Gasteiger partial charge is 0.117 e. The lowest BCUT2D eigenvalue weighted by molar-refractivity contribution is 0.476. The molecule has 0 fully saturated rings. The number of hydrogen-bond donors (Lipinski definition) is 1. The number of imidazole rings is 1. The fourth-order valence-electron chi connectivity index (χ4n) is 1.30. The Balaban J connectivity index is 2.75. The zero-order chi connectivity index (χ0) is 8.55. The molecule has 2 aromatic rings. The third-order valence-corrected chi connectivity index (χ3v) is 1.95. The molecule has 0 bridgehead atoms. The summed E-state index contributed by atoms with van der Waals surface area (Å²) >= 11 is 0. The average Bonchev–Trinajstić information content (AvgIpc) is 2.46. The van der Waals surface area contributed by atoms with Crippen LogP contribution in [-0.2, 0) is 6.54 Å². The van der Waals surface area contributed by atoms with Crippen molar-refractivity contribution >= 4 is 11.0 Å². The first kappa shape index (κ1) is 7.16. The van der Waals surface area contributed by atoms with Gasteiger partial charge in [0, 0.05) is 12.6 Å². The van der Waals surface area contributed by atoms with Crippen LogP contribution in [0.1, 0.15) is 6.92 Å². The van der Waals surface area contributed by atoms with E-state index in [9.17, 15) is 5.11 Å². The molecule has 0 atom stereocenters. The predicted molar refractivity (Wildman–Crippen MR) is 47.1 cm³/mol. The van der Waals surface area contributed by atoms with Gasteiger partial charge in [0.25, 0.3) is 0 Å². The van der Waals surface area contributed by atoms with E-state index in [0.29, 0.717) is 0 Å². The number of phenolic OH excluding ortho intramolecular Hbond substituents is 1. The lowest BCUT2D eigenvalue weighted by Crippen LogP contribution is -1.89. The maximum atomic E-state index is 9.23. The van der Waals surface area contributed by atoms with Crippen molar-refractivity contribution in [1.29, 1.82) is 0 Å². The molecule has 0 spiro atoms. The minimum absolute atomic E-state index is 0.290. The van der Waals surface area contributed by atoms with E-state index in [1.165, 1.54) is 0 Å². The molecule has 1 N–H and O–H groups in total. The van der Waals surface area contributed by atoms with Gasteiger partial charge in [-0.25, -0.2) is 4.98 Å². The quantitative estimate of drug-likeness (QED) is 0.693. The summed E-state index contributed by atoms with van der Waals surface area (Å²) < 4.78 is 2.00. The Morgan fingerprint density at radius 2 is 2.33 bits per heavy atom. The molecule has 1 aromatic carbocycles. The van der Waals surface area contributed by atoms with Crippen LogP contribution in [0.4, 0.5) is 0 Å². The van der Waals surface area contributed by atoms with Crippen LogP contribution < -0.4 is 0 Å². The summed E-state index contributed by atoms with van der Waals surface area (Å²) in [5.74, 6) is 0.290. The van der Waals surface area contributed by atoms with E-state index in [0.717, 1.165) is 17.6 Å². The molecule has 1 heterocycles. The normalized spacial score (nSPS) is 10.8. The number of aryl methyl sites for hydroxylation is 1. The maximum Gasteiger partial charge on any atom is 0.117 e. The number of aromatic nitrogens is 2. The molecule has 12 heavy (non-hydrogen) atoms. The highest BCUT2D eigenvalue weighted by Gasteiger charge is 2.00. The van der Waals surface area contributed by atoms with Gasteiger partial charge >= 0.3 is 0 Å². The zero-order valence-corrected chi connectivity index (χ0v) is 6.86. The molecule has 62 valence electrons. The van der Waals surface area contributed by atoms with Crippen LogP contribution >= 0.6 is 0 Å². The number of hydrogen-bond acceptors (Lipinski definition) is 2. The van der Waals surface area contributed by atoms with Gasteiger partial charge in [-0.2, -0.15) is 0 Å². The highest BCUT2D eigenvalue weighted by molar-refractivity contribution is 5.76. The van der Waals surface area contributed by atoms with E-state index in [1.54, 1.807) is 18.5 Å². The van der Waals surface area contributed by atoms with Gasteiger partial charge in [0.2, 0.25) is 0 Å². The molecule has 0 unspecified atom stereocenters. The van der Waals surface area contributed by atoms with E-state index < -0.39 is 0 Å². The number of benzene rings is 1. The van der Waals surface area contributed by atoms with Crippen molar-refractivity contribution in [3.05, 3.63) is 24.5 Å². The van der Waals surface area contributed by atoms with Crippen LogP contribution in [0.3, 0.4) is 0 Å². The van der Waals surface area contributed by atoms with E-state index in [4.69, 9.17) is 0 Å². The van der Waals surface area contributed by atoms with Crippen molar-refractivity contribution in [3.63, 3.8) is 0 Å².